The molecule has 4 nitrogen and oxygen atoms in total. The van der Waals surface area contributed by atoms with Gasteiger partial charge in [0, 0.05) is 5.56 Å². The molecule has 1 aromatic carbocycles. The van der Waals surface area contributed by atoms with Crippen molar-refractivity contribution in [3.05, 3.63) is 29.8 Å². The molecule has 0 aliphatic carbocycles. The Bertz CT molecular complexity index is 594. The van der Waals surface area contributed by atoms with Gasteiger partial charge < -0.3 is 4.74 Å². The Balaban J connectivity index is 1.95. The van der Waals surface area contributed by atoms with Crippen LogP contribution in [0.3, 0.4) is 0 Å². The molecule has 0 unspecified atom stereocenters. The fourth-order valence-corrected chi connectivity index (χ4v) is 3.62. The molecular weight excluding hydrogens is 424 g/mol. The highest BCUT2D eigenvalue weighted by molar-refractivity contribution is 8.22. The summed E-state index contributed by atoms with van der Waals surface area (Å²) in [6.45, 7) is 3.01. The van der Waals surface area contributed by atoms with Gasteiger partial charge in [0.25, 0.3) is 5.91 Å². The lowest BCUT2D eigenvalue weighted by Crippen LogP contribution is -2.39. The van der Waals surface area contributed by atoms with Crippen LogP contribution in [0.1, 0.15) is 107 Å². The van der Waals surface area contributed by atoms with Gasteiger partial charge in [0.15, 0.2) is 4.32 Å². The summed E-state index contributed by atoms with van der Waals surface area (Å²) in [5.41, 5.74) is 5.84. The van der Waals surface area contributed by atoms with Gasteiger partial charge >= 0.3 is 0 Å². The van der Waals surface area contributed by atoms with Crippen molar-refractivity contribution >= 4 is 34.2 Å². The maximum Gasteiger partial charge on any atom is 0.269 e. The Labute approximate surface area is 199 Å². The first-order valence-electron chi connectivity index (χ1n) is 12.0. The van der Waals surface area contributed by atoms with Gasteiger partial charge in [-0.15, -0.1) is 0 Å². The number of carbonyl (C=O) groups is 1. The molecule has 0 aliphatic rings. The lowest BCUT2D eigenvalue weighted by Gasteiger charge is -2.09. The van der Waals surface area contributed by atoms with E-state index in [0.717, 1.165) is 18.8 Å². The van der Waals surface area contributed by atoms with Crippen molar-refractivity contribution in [1.29, 1.82) is 0 Å². The van der Waals surface area contributed by atoms with Gasteiger partial charge in [0.1, 0.15) is 5.75 Å². The van der Waals surface area contributed by atoms with Crippen molar-refractivity contribution in [3.63, 3.8) is 0 Å². The number of unbranched alkanes of at least 4 members (excludes halogenated alkanes) is 13. The molecule has 1 rings (SSSR count). The first-order chi connectivity index (χ1) is 15.2. The predicted molar refractivity (Wildman–Crippen MR) is 139 cm³/mol. The third-order valence-electron chi connectivity index (χ3n) is 5.35. The Morgan fingerprint density at radius 2 is 1.29 bits per heavy atom. The first-order valence-corrected chi connectivity index (χ1v) is 13.7. The fourth-order valence-electron chi connectivity index (χ4n) is 3.42. The van der Waals surface area contributed by atoms with Crippen molar-refractivity contribution in [2.24, 2.45) is 0 Å². The summed E-state index contributed by atoms with van der Waals surface area (Å²) in [5, 5.41) is 0. The number of hydrogen-bond acceptors (Lipinski definition) is 4. The van der Waals surface area contributed by atoms with Crippen molar-refractivity contribution in [1.82, 2.24) is 10.9 Å². The second-order valence-corrected chi connectivity index (χ2v) is 9.52. The van der Waals surface area contributed by atoms with Crippen LogP contribution in [0, 0.1) is 0 Å². The highest BCUT2D eigenvalue weighted by atomic mass is 32.2. The number of thiocarbonyl (C=S) groups is 1. The van der Waals surface area contributed by atoms with E-state index in [-0.39, 0.29) is 5.91 Å². The van der Waals surface area contributed by atoms with Gasteiger partial charge in [0.05, 0.1) is 6.61 Å². The van der Waals surface area contributed by atoms with Crippen LogP contribution in [-0.2, 0) is 0 Å². The van der Waals surface area contributed by atoms with Gasteiger partial charge in [-0.2, -0.15) is 0 Å². The maximum absolute atomic E-state index is 12.0. The minimum absolute atomic E-state index is 0.213. The average Bonchev–Trinajstić information content (AvgIpc) is 2.80. The number of nitrogens with one attached hydrogen (secondary N) is 2. The number of ether oxygens (including phenoxy) is 1. The Hall–Kier alpha value is -1.27. The smallest absolute Gasteiger partial charge is 0.269 e. The molecule has 0 bridgehead atoms. The molecule has 0 heterocycles. The molecular formula is C25H42N2O2S2. The van der Waals surface area contributed by atoms with Crippen LogP contribution < -0.4 is 15.6 Å². The molecule has 2 N–H and O–H groups in total. The van der Waals surface area contributed by atoms with Gasteiger partial charge in [-0.05, 0) is 36.9 Å². The van der Waals surface area contributed by atoms with Crippen molar-refractivity contribution in [2.45, 2.75) is 96.8 Å². The lowest BCUT2D eigenvalue weighted by molar-refractivity contribution is 0.0944. The number of rotatable bonds is 17. The minimum atomic E-state index is -0.213. The summed E-state index contributed by atoms with van der Waals surface area (Å²) in [7, 11) is 0. The Kier molecular flexibility index (Phi) is 17.4. The topological polar surface area (TPSA) is 50.4 Å². The molecule has 1 amide bonds. The summed E-state index contributed by atoms with van der Waals surface area (Å²) in [6, 6.07) is 7.20. The number of hydrazine groups is 1. The van der Waals surface area contributed by atoms with E-state index in [2.05, 4.69) is 17.8 Å². The molecule has 0 atom stereocenters. The van der Waals surface area contributed by atoms with Crippen LogP contribution in [0.5, 0.6) is 5.75 Å². The SMILES string of the molecule is CCCCCCCCCCCCCCCCOc1ccc(C(=O)NNC(=S)SC)cc1. The molecule has 1 aromatic rings. The van der Waals surface area contributed by atoms with Crippen molar-refractivity contribution in [3.8, 4) is 5.75 Å². The molecule has 0 saturated carbocycles. The molecule has 176 valence electrons. The van der Waals surface area contributed by atoms with E-state index >= 15 is 0 Å². The highest BCUT2D eigenvalue weighted by Crippen LogP contribution is 2.15. The van der Waals surface area contributed by atoms with Crippen LogP contribution in [0.15, 0.2) is 24.3 Å². The quantitative estimate of drug-likeness (QED) is 0.142. The zero-order valence-electron chi connectivity index (χ0n) is 19.5. The summed E-state index contributed by atoms with van der Waals surface area (Å²) in [5.74, 6) is 0.591. The van der Waals surface area contributed by atoms with Gasteiger partial charge in [-0.3, -0.25) is 15.6 Å². The van der Waals surface area contributed by atoms with E-state index in [4.69, 9.17) is 17.0 Å². The molecule has 0 spiro atoms. The number of carbonyl (C=O) groups excluding carboxylic acids is 1. The van der Waals surface area contributed by atoms with E-state index in [1.54, 1.807) is 12.1 Å². The molecule has 0 aromatic heterocycles. The van der Waals surface area contributed by atoms with E-state index in [0.29, 0.717) is 9.88 Å². The van der Waals surface area contributed by atoms with Crippen molar-refractivity contribution < 1.29 is 9.53 Å². The molecule has 31 heavy (non-hydrogen) atoms. The van der Waals surface area contributed by atoms with E-state index in [9.17, 15) is 4.79 Å². The van der Waals surface area contributed by atoms with Gasteiger partial charge in [0.2, 0.25) is 0 Å². The predicted octanol–water partition coefficient (Wildman–Crippen LogP) is 7.43. The standard InChI is InChI=1S/C25H42N2O2S2/c1-3-4-5-6-7-8-9-10-11-12-13-14-15-16-21-29-23-19-17-22(18-20-23)24(28)26-27-25(30)31-2/h17-20H,3-16,21H2,1-2H3,(H,26,28)(H,27,30). The Morgan fingerprint density at radius 1 is 0.806 bits per heavy atom. The second kappa shape index (κ2) is 19.4. The molecule has 0 saturated heterocycles. The van der Waals surface area contributed by atoms with E-state index in [1.165, 1.54) is 95.2 Å². The third kappa shape index (κ3) is 15.2. The van der Waals surface area contributed by atoms with Crippen LogP contribution in [0.2, 0.25) is 0 Å². The molecule has 0 aliphatic heterocycles. The largest absolute Gasteiger partial charge is 0.494 e. The van der Waals surface area contributed by atoms with Gasteiger partial charge in [-0.1, -0.05) is 114 Å². The van der Waals surface area contributed by atoms with Crippen LogP contribution >= 0.6 is 24.0 Å². The molecule has 0 fully saturated rings. The normalized spacial score (nSPS) is 10.6. The third-order valence-corrected chi connectivity index (χ3v) is 6.42. The lowest BCUT2D eigenvalue weighted by atomic mass is 10.0. The Morgan fingerprint density at radius 3 is 1.77 bits per heavy atom. The van der Waals surface area contributed by atoms with Crippen LogP contribution in [0.4, 0.5) is 0 Å². The van der Waals surface area contributed by atoms with Crippen LogP contribution in [-0.4, -0.2) is 23.1 Å². The van der Waals surface area contributed by atoms with Crippen molar-refractivity contribution in [2.75, 3.05) is 12.9 Å². The minimum Gasteiger partial charge on any atom is -0.494 e. The van der Waals surface area contributed by atoms with Gasteiger partial charge in [-0.25, -0.2) is 0 Å². The monoisotopic (exact) mass is 466 g/mol. The summed E-state index contributed by atoms with van der Waals surface area (Å²) >= 11 is 6.36. The zero-order chi connectivity index (χ0) is 22.6. The maximum atomic E-state index is 12.0. The average molecular weight is 467 g/mol. The summed E-state index contributed by atoms with van der Waals surface area (Å²) in [6.07, 6.45) is 20.8. The molecule has 0 radical (unpaired) electrons. The number of hydrogen-bond donors (Lipinski definition) is 2. The summed E-state index contributed by atoms with van der Waals surface area (Å²) < 4.78 is 6.32. The number of thioether (sulfide) groups is 1. The zero-order valence-corrected chi connectivity index (χ0v) is 21.2. The second-order valence-electron chi connectivity index (χ2n) is 8.04. The van der Waals surface area contributed by atoms with E-state index < -0.39 is 0 Å². The number of amides is 1. The van der Waals surface area contributed by atoms with Crippen LogP contribution in [0.25, 0.3) is 0 Å². The first kappa shape index (κ1) is 27.8. The fraction of sp³-hybridized carbons (Fsp3) is 0.680. The highest BCUT2D eigenvalue weighted by Gasteiger charge is 2.05. The summed E-state index contributed by atoms with van der Waals surface area (Å²) in [4.78, 5) is 12.0. The number of benzene rings is 1. The van der Waals surface area contributed by atoms with E-state index in [1.807, 2.05) is 18.4 Å². The molecule has 6 heteroatoms.